The average Bonchev–Trinajstić information content (AvgIpc) is 2.38. The molecule has 20 heavy (non-hydrogen) atoms. The van der Waals surface area contributed by atoms with E-state index in [1.165, 1.54) is 13.1 Å². The summed E-state index contributed by atoms with van der Waals surface area (Å²) < 4.78 is 4.92. The zero-order valence-electron chi connectivity index (χ0n) is 11.3. The molecule has 2 rings (SSSR count). The Balaban J connectivity index is 2.07. The van der Waals surface area contributed by atoms with Crippen LogP contribution < -0.4 is 21.1 Å². The minimum absolute atomic E-state index is 0.0761. The molecule has 108 valence electrons. The number of nitrogens with two attached hydrogens (primary N) is 2. The first-order valence-corrected chi connectivity index (χ1v) is 6.45. The lowest BCUT2D eigenvalue weighted by Crippen LogP contribution is -2.39. The molecular formula is C13H18N4O3. The number of hydrogen-bond donors (Lipinski definition) is 2. The molecule has 0 saturated carbocycles. The van der Waals surface area contributed by atoms with Crippen LogP contribution in [0.4, 0.5) is 11.5 Å². The largest absolute Gasteiger partial charge is 0.425 e. The van der Waals surface area contributed by atoms with E-state index in [1.54, 1.807) is 6.07 Å². The van der Waals surface area contributed by atoms with Crippen LogP contribution in [0, 0.1) is 5.92 Å². The Kier molecular flexibility index (Phi) is 4.07. The van der Waals surface area contributed by atoms with Crippen molar-refractivity contribution < 1.29 is 14.3 Å². The number of piperidine rings is 1. The molecule has 0 aliphatic carbocycles. The zero-order valence-corrected chi connectivity index (χ0v) is 11.3. The third-order valence-electron chi connectivity index (χ3n) is 3.33. The van der Waals surface area contributed by atoms with Gasteiger partial charge in [-0.05, 0) is 12.8 Å². The fourth-order valence-electron chi connectivity index (χ4n) is 2.32. The van der Waals surface area contributed by atoms with E-state index in [4.69, 9.17) is 16.2 Å². The lowest BCUT2D eigenvalue weighted by Gasteiger charge is -2.32. The fourth-order valence-corrected chi connectivity index (χ4v) is 2.32. The predicted octanol–water partition coefficient (Wildman–Crippen LogP) is 0.291. The van der Waals surface area contributed by atoms with Gasteiger partial charge in [-0.25, -0.2) is 4.98 Å². The highest BCUT2D eigenvalue weighted by Crippen LogP contribution is 2.28. The summed E-state index contributed by atoms with van der Waals surface area (Å²) in [6.45, 7) is 2.67. The molecule has 1 fully saturated rings. The third-order valence-corrected chi connectivity index (χ3v) is 3.33. The quantitative estimate of drug-likeness (QED) is 0.769. The van der Waals surface area contributed by atoms with Crippen molar-refractivity contribution in [2.24, 2.45) is 11.7 Å². The number of aromatic nitrogens is 1. The smallest absolute Gasteiger partial charge is 0.308 e. The van der Waals surface area contributed by atoms with Gasteiger partial charge in [0.1, 0.15) is 0 Å². The maximum Gasteiger partial charge on any atom is 0.308 e. The van der Waals surface area contributed by atoms with E-state index in [9.17, 15) is 9.59 Å². The van der Waals surface area contributed by atoms with E-state index in [1.807, 2.05) is 4.90 Å². The molecule has 4 N–H and O–H groups in total. The van der Waals surface area contributed by atoms with Crippen LogP contribution in [0.15, 0.2) is 12.3 Å². The number of anilines is 2. The Bertz CT molecular complexity index is 524. The first kappa shape index (κ1) is 14.1. The van der Waals surface area contributed by atoms with Crippen molar-refractivity contribution in [3.05, 3.63) is 12.3 Å². The number of amides is 1. The Hall–Kier alpha value is -2.31. The lowest BCUT2D eigenvalue weighted by atomic mass is 9.96. The number of carbonyl (C=O) groups excluding carboxylic acids is 2. The fraction of sp³-hybridized carbons (Fsp3) is 0.462. The van der Waals surface area contributed by atoms with Crippen molar-refractivity contribution in [2.75, 3.05) is 23.7 Å². The van der Waals surface area contributed by atoms with E-state index in [2.05, 4.69) is 4.98 Å². The van der Waals surface area contributed by atoms with Gasteiger partial charge in [-0.3, -0.25) is 9.59 Å². The summed E-state index contributed by atoms with van der Waals surface area (Å²) in [4.78, 5) is 28.2. The van der Waals surface area contributed by atoms with Crippen molar-refractivity contribution in [3.63, 3.8) is 0 Å². The van der Waals surface area contributed by atoms with Crippen LogP contribution in [0.5, 0.6) is 5.75 Å². The molecule has 1 aliphatic rings. The van der Waals surface area contributed by atoms with Crippen molar-refractivity contribution in [3.8, 4) is 5.75 Å². The zero-order chi connectivity index (χ0) is 14.7. The summed E-state index contributed by atoms with van der Waals surface area (Å²) in [6, 6.07) is 1.57. The first-order valence-electron chi connectivity index (χ1n) is 6.45. The molecule has 1 aromatic rings. The van der Waals surface area contributed by atoms with Crippen LogP contribution in [0.1, 0.15) is 19.8 Å². The minimum Gasteiger partial charge on any atom is -0.425 e. The number of nitrogens with zero attached hydrogens (tertiary/aromatic N) is 2. The van der Waals surface area contributed by atoms with Gasteiger partial charge in [-0.1, -0.05) is 0 Å². The molecule has 1 amide bonds. The molecule has 7 nitrogen and oxygen atoms in total. The molecule has 1 saturated heterocycles. The van der Waals surface area contributed by atoms with Crippen LogP contribution in [0.2, 0.25) is 0 Å². The number of ether oxygens (including phenoxy) is 1. The molecule has 7 heteroatoms. The van der Waals surface area contributed by atoms with E-state index >= 15 is 0 Å². The Morgan fingerprint density at radius 2 is 2.05 bits per heavy atom. The van der Waals surface area contributed by atoms with E-state index in [-0.39, 0.29) is 11.8 Å². The Morgan fingerprint density at radius 3 is 2.55 bits per heavy atom. The van der Waals surface area contributed by atoms with Crippen molar-refractivity contribution in [2.45, 2.75) is 19.8 Å². The molecule has 0 atom stereocenters. The number of carbonyl (C=O) groups is 2. The summed E-state index contributed by atoms with van der Waals surface area (Å²) in [5, 5.41) is 0. The molecule has 2 heterocycles. The van der Waals surface area contributed by atoms with Crippen molar-refractivity contribution >= 4 is 23.4 Å². The van der Waals surface area contributed by atoms with E-state index < -0.39 is 5.97 Å². The number of esters is 1. The molecule has 0 spiro atoms. The number of nitrogen functional groups attached to an aromatic ring is 1. The second-order valence-corrected chi connectivity index (χ2v) is 4.84. The van der Waals surface area contributed by atoms with E-state index in [0.29, 0.717) is 43.2 Å². The molecule has 0 aromatic carbocycles. The number of pyridine rings is 1. The molecule has 0 unspecified atom stereocenters. The summed E-state index contributed by atoms with van der Waals surface area (Å²) in [5.41, 5.74) is 11.7. The number of primary amides is 1. The highest BCUT2D eigenvalue weighted by Gasteiger charge is 2.24. The SMILES string of the molecule is CC(=O)Oc1cnc(N2CCC(C(N)=O)CC2)c(N)c1. The second-order valence-electron chi connectivity index (χ2n) is 4.84. The molecular weight excluding hydrogens is 260 g/mol. The highest BCUT2D eigenvalue weighted by molar-refractivity contribution is 5.77. The molecule has 0 bridgehead atoms. The van der Waals surface area contributed by atoms with Gasteiger partial charge in [-0.15, -0.1) is 0 Å². The second kappa shape index (κ2) is 5.77. The van der Waals surface area contributed by atoms with Crippen LogP contribution in [0.25, 0.3) is 0 Å². The van der Waals surface area contributed by atoms with Gasteiger partial charge < -0.3 is 21.1 Å². The lowest BCUT2D eigenvalue weighted by molar-refractivity contribution is -0.131. The van der Waals surface area contributed by atoms with Crippen LogP contribution >= 0.6 is 0 Å². The summed E-state index contributed by atoms with van der Waals surface area (Å²) in [6.07, 6.45) is 2.86. The number of hydrogen-bond acceptors (Lipinski definition) is 6. The summed E-state index contributed by atoms with van der Waals surface area (Å²) >= 11 is 0. The van der Waals surface area contributed by atoms with Crippen molar-refractivity contribution in [1.82, 2.24) is 4.98 Å². The normalized spacial score (nSPS) is 15.9. The average molecular weight is 278 g/mol. The van der Waals surface area contributed by atoms with Gasteiger partial charge in [-0.2, -0.15) is 0 Å². The van der Waals surface area contributed by atoms with E-state index in [0.717, 1.165) is 0 Å². The first-order chi connectivity index (χ1) is 9.47. The highest BCUT2D eigenvalue weighted by atomic mass is 16.5. The van der Waals surface area contributed by atoms with Gasteiger partial charge in [0.15, 0.2) is 11.6 Å². The van der Waals surface area contributed by atoms with Gasteiger partial charge >= 0.3 is 5.97 Å². The van der Waals surface area contributed by atoms with Gasteiger partial charge in [0.2, 0.25) is 5.91 Å². The van der Waals surface area contributed by atoms with Gasteiger partial charge in [0.25, 0.3) is 0 Å². The van der Waals surface area contributed by atoms with Crippen LogP contribution in [-0.2, 0) is 9.59 Å². The molecule has 0 radical (unpaired) electrons. The van der Waals surface area contributed by atoms with Gasteiger partial charge in [0.05, 0.1) is 11.9 Å². The van der Waals surface area contributed by atoms with Crippen LogP contribution in [0.3, 0.4) is 0 Å². The monoisotopic (exact) mass is 278 g/mol. The topological polar surface area (TPSA) is 112 Å². The molecule has 1 aromatic heterocycles. The van der Waals surface area contributed by atoms with Crippen LogP contribution in [-0.4, -0.2) is 29.9 Å². The standard InChI is InChI=1S/C13H18N4O3/c1-8(18)20-10-6-11(14)13(16-7-10)17-4-2-9(3-5-17)12(15)19/h6-7,9H,2-5,14H2,1H3,(H2,15,19). The summed E-state index contributed by atoms with van der Waals surface area (Å²) in [5.74, 6) is 0.222. The third kappa shape index (κ3) is 3.17. The Labute approximate surface area is 116 Å². The number of rotatable bonds is 3. The summed E-state index contributed by atoms with van der Waals surface area (Å²) in [7, 11) is 0. The molecule has 1 aliphatic heterocycles. The maximum absolute atomic E-state index is 11.1. The van der Waals surface area contributed by atoms with Crippen molar-refractivity contribution in [1.29, 1.82) is 0 Å². The van der Waals surface area contributed by atoms with Gasteiger partial charge in [0, 0.05) is 32.0 Å². The maximum atomic E-state index is 11.1. The minimum atomic E-state index is -0.416. The predicted molar refractivity (Wildman–Crippen MR) is 74.1 cm³/mol. The Morgan fingerprint density at radius 1 is 1.40 bits per heavy atom.